The Labute approximate surface area is 158 Å². The van der Waals surface area contributed by atoms with Gasteiger partial charge in [-0.3, -0.25) is 4.79 Å². The van der Waals surface area contributed by atoms with Crippen LogP contribution in [0, 0.1) is 6.92 Å². The van der Waals surface area contributed by atoms with E-state index in [1.807, 2.05) is 24.9 Å². The molecule has 26 heavy (non-hydrogen) atoms. The SMILES string of the molecule is Cc1ccc(Cl)cc1NC(=O)c1ccc(N(C)C2CCS(=O)(=O)C2)nc1. The predicted molar refractivity (Wildman–Crippen MR) is 104 cm³/mol. The van der Waals surface area contributed by atoms with Gasteiger partial charge >= 0.3 is 0 Å². The zero-order chi connectivity index (χ0) is 18.9. The van der Waals surface area contributed by atoms with E-state index in [-0.39, 0.29) is 23.5 Å². The van der Waals surface area contributed by atoms with Crippen LogP contribution in [0.25, 0.3) is 0 Å². The summed E-state index contributed by atoms with van der Waals surface area (Å²) in [6.45, 7) is 1.89. The third kappa shape index (κ3) is 4.16. The Morgan fingerprint density at radius 2 is 2.08 bits per heavy atom. The molecule has 6 nitrogen and oxygen atoms in total. The molecule has 0 radical (unpaired) electrons. The lowest BCUT2D eigenvalue weighted by Crippen LogP contribution is -2.33. The molecule has 1 aliphatic rings. The maximum Gasteiger partial charge on any atom is 0.257 e. The van der Waals surface area contributed by atoms with E-state index < -0.39 is 9.84 Å². The van der Waals surface area contributed by atoms with E-state index >= 15 is 0 Å². The fraction of sp³-hybridized carbons (Fsp3) is 0.333. The number of aryl methyl sites for hydroxylation is 1. The number of sulfone groups is 1. The molecule has 1 aromatic heterocycles. The molecule has 0 bridgehead atoms. The zero-order valence-corrected chi connectivity index (χ0v) is 16.1. The number of hydrogen-bond acceptors (Lipinski definition) is 5. The van der Waals surface area contributed by atoms with Crippen LogP contribution in [0.4, 0.5) is 11.5 Å². The van der Waals surface area contributed by atoms with Crippen molar-refractivity contribution in [2.24, 2.45) is 0 Å². The van der Waals surface area contributed by atoms with Gasteiger partial charge in [0.2, 0.25) is 0 Å². The summed E-state index contributed by atoms with van der Waals surface area (Å²) >= 11 is 5.97. The highest BCUT2D eigenvalue weighted by Crippen LogP contribution is 2.23. The highest BCUT2D eigenvalue weighted by Gasteiger charge is 2.31. The van der Waals surface area contributed by atoms with Crippen molar-refractivity contribution < 1.29 is 13.2 Å². The maximum atomic E-state index is 12.4. The van der Waals surface area contributed by atoms with E-state index in [9.17, 15) is 13.2 Å². The first-order valence-electron chi connectivity index (χ1n) is 8.22. The van der Waals surface area contributed by atoms with E-state index in [0.717, 1.165) is 5.56 Å². The molecule has 1 aromatic carbocycles. The van der Waals surface area contributed by atoms with Gasteiger partial charge < -0.3 is 10.2 Å². The maximum absolute atomic E-state index is 12.4. The van der Waals surface area contributed by atoms with E-state index in [0.29, 0.717) is 28.5 Å². The number of carbonyl (C=O) groups excluding carboxylic acids is 1. The van der Waals surface area contributed by atoms with Crippen LogP contribution in [0.2, 0.25) is 5.02 Å². The van der Waals surface area contributed by atoms with Crippen molar-refractivity contribution in [3.05, 3.63) is 52.7 Å². The molecule has 138 valence electrons. The average Bonchev–Trinajstić information content (AvgIpc) is 2.97. The molecule has 8 heteroatoms. The van der Waals surface area contributed by atoms with Crippen molar-refractivity contribution in [2.45, 2.75) is 19.4 Å². The Morgan fingerprint density at radius 3 is 2.69 bits per heavy atom. The van der Waals surface area contributed by atoms with Gasteiger partial charge in [-0.2, -0.15) is 0 Å². The van der Waals surface area contributed by atoms with E-state index in [1.54, 1.807) is 24.3 Å². The van der Waals surface area contributed by atoms with Crippen molar-refractivity contribution in [3.63, 3.8) is 0 Å². The number of amides is 1. The smallest absolute Gasteiger partial charge is 0.257 e. The Bertz CT molecular complexity index is 929. The third-order valence-electron chi connectivity index (χ3n) is 4.58. The van der Waals surface area contributed by atoms with Crippen LogP contribution in [-0.4, -0.2) is 43.9 Å². The second kappa shape index (κ2) is 7.25. The van der Waals surface area contributed by atoms with Gasteiger partial charge in [-0.05, 0) is 43.2 Å². The molecule has 1 N–H and O–H groups in total. The van der Waals surface area contributed by atoms with Crippen molar-refractivity contribution in [1.29, 1.82) is 0 Å². The minimum Gasteiger partial charge on any atom is -0.356 e. The summed E-state index contributed by atoms with van der Waals surface area (Å²) < 4.78 is 23.3. The lowest BCUT2D eigenvalue weighted by molar-refractivity contribution is 0.102. The summed E-state index contributed by atoms with van der Waals surface area (Å²) in [5.74, 6) is 0.714. The summed E-state index contributed by atoms with van der Waals surface area (Å²) in [6, 6.07) is 8.63. The second-order valence-electron chi connectivity index (χ2n) is 6.49. The number of benzene rings is 1. The van der Waals surface area contributed by atoms with Gasteiger partial charge in [0.25, 0.3) is 5.91 Å². The summed E-state index contributed by atoms with van der Waals surface area (Å²) in [5, 5.41) is 3.37. The van der Waals surface area contributed by atoms with Crippen LogP contribution < -0.4 is 10.2 Å². The Balaban J connectivity index is 1.71. The average molecular weight is 394 g/mol. The topological polar surface area (TPSA) is 79.4 Å². The van der Waals surface area contributed by atoms with Crippen LogP contribution >= 0.6 is 11.6 Å². The molecule has 1 aliphatic heterocycles. The van der Waals surface area contributed by atoms with Gasteiger partial charge in [0.1, 0.15) is 5.82 Å². The summed E-state index contributed by atoms with van der Waals surface area (Å²) in [7, 11) is -1.13. The zero-order valence-electron chi connectivity index (χ0n) is 14.6. The first-order valence-corrected chi connectivity index (χ1v) is 10.4. The first kappa shape index (κ1) is 18.7. The monoisotopic (exact) mass is 393 g/mol. The molecule has 0 saturated carbocycles. The number of rotatable bonds is 4. The van der Waals surface area contributed by atoms with Gasteiger partial charge in [0, 0.05) is 30.0 Å². The number of carbonyl (C=O) groups is 1. The first-order chi connectivity index (χ1) is 12.2. The quantitative estimate of drug-likeness (QED) is 0.863. The second-order valence-corrected chi connectivity index (χ2v) is 9.15. The molecule has 1 unspecified atom stereocenters. The molecule has 0 aliphatic carbocycles. The highest BCUT2D eigenvalue weighted by atomic mass is 35.5. The van der Waals surface area contributed by atoms with E-state index in [2.05, 4.69) is 10.3 Å². The number of aromatic nitrogens is 1. The molecule has 2 aromatic rings. The van der Waals surface area contributed by atoms with Crippen LogP contribution in [0.1, 0.15) is 22.3 Å². The third-order valence-corrected chi connectivity index (χ3v) is 6.56. The number of nitrogens with zero attached hydrogens (tertiary/aromatic N) is 2. The fourth-order valence-electron chi connectivity index (χ4n) is 2.92. The van der Waals surface area contributed by atoms with Crippen molar-refractivity contribution in [3.8, 4) is 0 Å². The molecule has 3 rings (SSSR count). The van der Waals surface area contributed by atoms with Gasteiger partial charge in [-0.15, -0.1) is 0 Å². The predicted octanol–water partition coefficient (Wildman–Crippen LogP) is 2.92. The van der Waals surface area contributed by atoms with Crippen molar-refractivity contribution in [2.75, 3.05) is 28.8 Å². The molecule has 2 heterocycles. The summed E-state index contributed by atoms with van der Waals surface area (Å²) in [5.41, 5.74) is 1.98. The lowest BCUT2D eigenvalue weighted by Gasteiger charge is -2.24. The minimum atomic E-state index is -2.96. The van der Waals surface area contributed by atoms with Crippen LogP contribution in [0.3, 0.4) is 0 Å². The van der Waals surface area contributed by atoms with Crippen molar-refractivity contribution >= 4 is 38.9 Å². The van der Waals surface area contributed by atoms with E-state index in [1.165, 1.54) is 6.20 Å². The normalized spacial score (nSPS) is 18.5. The number of pyridine rings is 1. The fourth-order valence-corrected chi connectivity index (χ4v) is 4.87. The molecular weight excluding hydrogens is 374 g/mol. The number of nitrogens with one attached hydrogen (secondary N) is 1. The molecule has 1 amide bonds. The summed E-state index contributed by atoms with van der Waals surface area (Å²) in [6.07, 6.45) is 2.08. The van der Waals surface area contributed by atoms with E-state index in [4.69, 9.17) is 11.6 Å². The standard InChI is InChI=1S/C18H20ClN3O3S/c1-12-3-5-14(19)9-16(12)21-18(23)13-4-6-17(20-10-13)22(2)15-7-8-26(24,25)11-15/h3-6,9-10,15H,7-8,11H2,1-2H3,(H,21,23). The molecular formula is C18H20ClN3O3S. The molecule has 1 fully saturated rings. The van der Waals surface area contributed by atoms with Crippen molar-refractivity contribution in [1.82, 2.24) is 4.98 Å². The number of anilines is 2. The van der Waals surface area contributed by atoms with Gasteiger partial charge in [0.05, 0.1) is 17.1 Å². The molecule has 1 saturated heterocycles. The largest absolute Gasteiger partial charge is 0.356 e. The van der Waals surface area contributed by atoms with Crippen LogP contribution in [-0.2, 0) is 9.84 Å². The van der Waals surface area contributed by atoms with Gasteiger partial charge in [-0.25, -0.2) is 13.4 Å². The molecule has 0 spiro atoms. The Kier molecular flexibility index (Phi) is 5.20. The summed E-state index contributed by atoms with van der Waals surface area (Å²) in [4.78, 5) is 18.6. The number of halogens is 1. The lowest BCUT2D eigenvalue weighted by atomic mass is 10.2. The molecule has 1 atom stereocenters. The highest BCUT2D eigenvalue weighted by molar-refractivity contribution is 7.91. The number of hydrogen-bond donors (Lipinski definition) is 1. The van der Waals surface area contributed by atoms with Gasteiger partial charge in [-0.1, -0.05) is 17.7 Å². The van der Waals surface area contributed by atoms with Crippen LogP contribution in [0.15, 0.2) is 36.5 Å². The van der Waals surface area contributed by atoms with Gasteiger partial charge in [0.15, 0.2) is 9.84 Å². The Hall–Kier alpha value is -2.12. The Morgan fingerprint density at radius 1 is 1.31 bits per heavy atom. The van der Waals surface area contributed by atoms with Crippen LogP contribution in [0.5, 0.6) is 0 Å². The minimum absolute atomic E-state index is 0.0821.